The molecule has 21 heavy (non-hydrogen) atoms. The molecule has 0 saturated carbocycles. The maximum absolute atomic E-state index is 12.0. The minimum absolute atomic E-state index is 0.209. The van der Waals surface area contributed by atoms with E-state index >= 15 is 0 Å². The van der Waals surface area contributed by atoms with Crippen LogP contribution in [0.15, 0.2) is 28.7 Å². The molecule has 0 saturated heterocycles. The fourth-order valence-corrected chi connectivity index (χ4v) is 2.65. The van der Waals surface area contributed by atoms with Crippen molar-refractivity contribution in [2.45, 2.75) is 13.8 Å². The molecule has 0 bridgehead atoms. The minimum Gasteiger partial charge on any atom is -0.322 e. The van der Waals surface area contributed by atoms with E-state index in [1.54, 1.807) is 17.8 Å². The first-order valence-electron chi connectivity index (χ1n) is 6.33. The lowest BCUT2D eigenvalue weighted by Crippen LogP contribution is -2.08. The number of anilines is 1. The molecule has 0 aliphatic carbocycles. The van der Waals surface area contributed by atoms with Crippen molar-refractivity contribution in [1.82, 2.24) is 9.78 Å². The van der Waals surface area contributed by atoms with Crippen LogP contribution in [-0.4, -0.2) is 15.7 Å². The van der Waals surface area contributed by atoms with E-state index in [1.807, 2.05) is 32.0 Å². The van der Waals surface area contributed by atoms with E-state index in [0.717, 1.165) is 27.0 Å². The van der Waals surface area contributed by atoms with Crippen LogP contribution in [-0.2, 0) is 11.8 Å². The maximum Gasteiger partial charge on any atom is 0.248 e. The smallest absolute Gasteiger partial charge is 0.248 e. The van der Waals surface area contributed by atoms with Gasteiger partial charge >= 0.3 is 0 Å². The van der Waals surface area contributed by atoms with Gasteiger partial charge in [-0.25, -0.2) is 0 Å². The molecule has 0 radical (unpaired) electrons. The van der Waals surface area contributed by atoms with Crippen molar-refractivity contribution in [1.29, 1.82) is 0 Å². The monoisotopic (exact) mass is 367 g/mol. The summed E-state index contributed by atoms with van der Waals surface area (Å²) in [5.74, 6) is -0.209. The van der Waals surface area contributed by atoms with Gasteiger partial charge in [0.15, 0.2) is 0 Å². The number of halogens is 2. The summed E-state index contributed by atoms with van der Waals surface area (Å²) in [4.78, 5) is 12.0. The summed E-state index contributed by atoms with van der Waals surface area (Å²) in [7, 11) is 1.76. The highest BCUT2D eigenvalue weighted by molar-refractivity contribution is 9.10. The molecular weight excluding hydrogens is 354 g/mol. The number of rotatable bonds is 3. The zero-order valence-electron chi connectivity index (χ0n) is 11.9. The lowest BCUT2D eigenvalue weighted by molar-refractivity contribution is -0.111. The number of aromatic nitrogens is 2. The summed E-state index contributed by atoms with van der Waals surface area (Å²) >= 11 is 9.50. The number of carbonyl (C=O) groups excluding carboxylic acids is 1. The van der Waals surface area contributed by atoms with Crippen molar-refractivity contribution in [2.24, 2.45) is 7.05 Å². The average Bonchev–Trinajstić information content (AvgIpc) is 2.65. The average molecular weight is 369 g/mol. The zero-order valence-corrected chi connectivity index (χ0v) is 14.3. The van der Waals surface area contributed by atoms with Crippen molar-refractivity contribution in [3.63, 3.8) is 0 Å². The Kier molecular flexibility index (Phi) is 4.85. The fraction of sp³-hybridized carbons (Fsp3) is 0.200. The van der Waals surface area contributed by atoms with E-state index in [2.05, 4.69) is 26.3 Å². The van der Waals surface area contributed by atoms with Crippen LogP contribution in [0.3, 0.4) is 0 Å². The zero-order chi connectivity index (χ0) is 15.6. The third-order valence-electron chi connectivity index (χ3n) is 3.04. The van der Waals surface area contributed by atoms with Crippen molar-refractivity contribution < 1.29 is 4.79 Å². The lowest BCUT2D eigenvalue weighted by Gasteiger charge is -2.06. The van der Waals surface area contributed by atoms with Gasteiger partial charge in [0.25, 0.3) is 0 Å². The molecule has 1 amide bonds. The number of nitrogens with zero attached hydrogens (tertiary/aromatic N) is 2. The molecular formula is C15H15BrClN3O. The standard InChI is InChI=1S/C15H15BrClN3O/c1-9-8-11(16)4-6-13(9)18-14(21)7-5-12-10(2)19-20(3)15(12)17/h4-8H,1-3H3,(H,18,21)/b7-5+. The van der Waals surface area contributed by atoms with Gasteiger partial charge in [-0.05, 0) is 43.7 Å². The predicted octanol–water partition coefficient (Wildman–Crippen LogP) is 4.10. The Labute approximate surface area is 136 Å². The molecule has 0 fully saturated rings. The Bertz CT molecular complexity index is 722. The van der Waals surface area contributed by atoms with Gasteiger partial charge in [0.2, 0.25) is 5.91 Å². The van der Waals surface area contributed by atoms with E-state index < -0.39 is 0 Å². The molecule has 0 atom stereocenters. The number of aryl methyl sites for hydroxylation is 3. The molecule has 1 N–H and O–H groups in total. The number of nitrogens with one attached hydrogen (secondary N) is 1. The second kappa shape index (κ2) is 6.45. The fourth-order valence-electron chi connectivity index (χ4n) is 1.94. The highest BCUT2D eigenvalue weighted by Gasteiger charge is 2.08. The molecule has 1 heterocycles. The summed E-state index contributed by atoms with van der Waals surface area (Å²) in [6.07, 6.45) is 3.13. The quantitative estimate of drug-likeness (QED) is 0.829. The highest BCUT2D eigenvalue weighted by Crippen LogP contribution is 2.21. The molecule has 4 nitrogen and oxygen atoms in total. The van der Waals surface area contributed by atoms with E-state index in [-0.39, 0.29) is 5.91 Å². The third-order valence-corrected chi connectivity index (χ3v) is 3.99. The Morgan fingerprint density at radius 2 is 2.14 bits per heavy atom. The largest absolute Gasteiger partial charge is 0.322 e. The highest BCUT2D eigenvalue weighted by atomic mass is 79.9. The molecule has 2 rings (SSSR count). The van der Waals surface area contributed by atoms with E-state index in [0.29, 0.717) is 5.15 Å². The first kappa shape index (κ1) is 15.8. The van der Waals surface area contributed by atoms with Gasteiger partial charge in [-0.2, -0.15) is 5.10 Å². The van der Waals surface area contributed by atoms with E-state index in [1.165, 1.54) is 6.08 Å². The third kappa shape index (κ3) is 3.74. The van der Waals surface area contributed by atoms with Crippen molar-refractivity contribution in [2.75, 3.05) is 5.32 Å². The van der Waals surface area contributed by atoms with Gasteiger partial charge in [-0.3, -0.25) is 9.48 Å². The summed E-state index contributed by atoms with van der Waals surface area (Å²) < 4.78 is 2.55. The van der Waals surface area contributed by atoms with Gasteiger partial charge in [-0.15, -0.1) is 0 Å². The van der Waals surface area contributed by atoms with Gasteiger partial charge in [-0.1, -0.05) is 27.5 Å². The van der Waals surface area contributed by atoms with Crippen LogP contribution in [0.25, 0.3) is 6.08 Å². The van der Waals surface area contributed by atoms with Crippen molar-refractivity contribution in [3.05, 3.63) is 50.7 Å². The second-order valence-electron chi connectivity index (χ2n) is 4.70. The molecule has 2 aromatic rings. The number of hydrogen-bond acceptors (Lipinski definition) is 2. The number of benzene rings is 1. The van der Waals surface area contributed by atoms with Crippen LogP contribution in [0.2, 0.25) is 5.15 Å². The summed E-state index contributed by atoms with van der Waals surface area (Å²) in [6, 6.07) is 5.68. The van der Waals surface area contributed by atoms with Crippen molar-refractivity contribution in [3.8, 4) is 0 Å². The summed E-state index contributed by atoms with van der Waals surface area (Å²) in [6.45, 7) is 3.79. The molecule has 0 aliphatic rings. The van der Waals surface area contributed by atoms with Crippen LogP contribution in [0, 0.1) is 13.8 Å². The van der Waals surface area contributed by atoms with Crippen LogP contribution in [0.5, 0.6) is 0 Å². The molecule has 6 heteroatoms. The topological polar surface area (TPSA) is 46.9 Å². The van der Waals surface area contributed by atoms with Gasteiger partial charge < -0.3 is 5.32 Å². The van der Waals surface area contributed by atoms with Crippen LogP contribution in [0.1, 0.15) is 16.8 Å². The number of hydrogen-bond donors (Lipinski definition) is 1. The van der Waals surface area contributed by atoms with Crippen LogP contribution >= 0.6 is 27.5 Å². The van der Waals surface area contributed by atoms with Gasteiger partial charge in [0.1, 0.15) is 5.15 Å². The minimum atomic E-state index is -0.209. The molecule has 1 aromatic carbocycles. The lowest BCUT2D eigenvalue weighted by atomic mass is 10.2. The molecule has 0 unspecified atom stereocenters. The first-order valence-corrected chi connectivity index (χ1v) is 7.50. The Morgan fingerprint density at radius 3 is 2.71 bits per heavy atom. The van der Waals surface area contributed by atoms with E-state index in [4.69, 9.17) is 11.6 Å². The Hall–Kier alpha value is -1.59. The summed E-state index contributed by atoms with van der Waals surface area (Å²) in [5, 5.41) is 7.54. The van der Waals surface area contributed by atoms with E-state index in [9.17, 15) is 4.79 Å². The molecule has 1 aromatic heterocycles. The number of carbonyl (C=O) groups is 1. The SMILES string of the molecule is Cc1cc(Br)ccc1NC(=O)/C=C/c1c(C)nn(C)c1Cl. The van der Waals surface area contributed by atoms with Gasteiger partial charge in [0, 0.05) is 28.8 Å². The van der Waals surface area contributed by atoms with Crippen molar-refractivity contribution >= 4 is 45.2 Å². The van der Waals surface area contributed by atoms with Gasteiger partial charge in [0.05, 0.1) is 5.69 Å². The summed E-state index contributed by atoms with van der Waals surface area (Å²) in [5.41, 5.74) is 3.30. The first-order chi connectivity index (χ1) is 9.88. The predicted molar refractivity (Wildman–Crippen MR) is 89.5 cm³/mol. The number of amides is 1. The molecule has 0 spiro atoms. The Morgan fingerprint density at radius 1 is 1.43 bits per heavy atom. The normalized spacial score (nSPS) is 11.1. The maximum atomic E-state index is 12.0. The molecule has 110 valence electrons. The van der Waals surface area contributed by atoms with Crippen LogP contribution < -0.4 is 5.32 Å². The Balaban J connectivity index is 2.13. The molecule has 0 aliphatic heterocycles. The van der Waals surface area contributed by atoms with Crippen LogP contribution in [0.4, 0.5) is 5.69 Å². The second-order valence-corrected chi connectivity index (χ2v) is 5.97.